The molecule has 0 bridgehead atoms. The zero-order valence-corrected chi connectivity index (χ0v) is 18.1. The SMILES string of the molecule is CCCC[C]1C(CCCC)=C(CCCC)C(CCCC)=C1CCCC. The van der Waals surface area contributed by atoms with Gasteiger partial charge in [-0.3, -0.25) is 0 Å². The molecule has 0 unspecified atom stereocenters. The Kier molecular flexibility index (Phi) is 12.3. The van der Waals surface area contributed by atoms with Gasteiger partial charge in [0.05, 0.1) is 0 Å². The first kappa shape index (κ1) is 22.5. The Bertz CT molecular complexity index is 374. The van der Waals surface area contributed by atoms with Crippen molar-refractivity contribution in [2.75, 3.05) is 0 Å². The Balaban J connectivity index is 3.19. The number of hydrogen-bond acceptors (Lipinski definition) is 0. The maximum Gasteiger partial charge on any atom is 0.0263 e. The van der Waals surface area contributed by atoms with Crippen molar-refractivity contribution in [3.8, 4) is 0 Å². The van der Waals surface area contributed by atoms with Gasteiger partial charge >= 0.3 is 0 Å². The van der Waals surface area contributed by atoms with Crippen LogP contribution in [0.5, 0.6) is 0 Å². The van der Waals surface area contributed by atoms with Crippen LogP contribution in [0.2, 0.25) is 0 Å². The number of allylic oxidation sites excluding steroid dienone is 4. The molecule has 0 N–H and O–H groups in total. The van der Waals surface area contributed by atoms with E-state index in [2.05, 4.69) is 34.6 Å². The topological polar surface area (TPSA) is 0 Å². The van der Waals surface area contributed by atoms with Crippen LogP contribution in [-0.4, -0.2) is 0 Å². The maximum atomic E-state index is 2.34. The van der Waals surface area contributed by atoms with E-state index in [1.807, 2.05) is 0 Å². The summed E-state index contributed by atoms with van der Waals surface area (Å²) in [6, 6.07) is 0. The predicted molar refractivity (Wildman–Crippen MR) is 115 cm³/mol. The van der Waals surface area contributed by atoms with Gasteiger partial charge in [0.25, 0.3) is 0 Å². The fourth-order valence-corrected chi connectivity index (χ4v) is 4.19. The van der Waals surface area contributed by atoms with Crippen LogP contribution in [0.15, 0.2) is 22.3 Å². The molecule has 0 fully saturated rings. The number of rotatable bonds is 15. The molecule has 1 aliphatic carbocycles. The average Bonchev–Trinajstić information content (AvgIpc) is 2.90. The number of hydrogen-bond donors (Lipinski definition) is 0. The van der Waals surface area contributed by atoms with Gasteiger partial charge in [0.1, 0.15) is 0 Å². The summed E-state index contributed by atoms with van der Waals surface area (Å²) in [4.78, 5) is 0. The molecule has 0 aliphatic heterocycles. The molecule has 0 saturated carbocycles. The van der Waals surface area contributed by atoms with E-state index in [9.17, 15) is 0 Å². The first-order chi connectivity index (χ1) is 12.2. The summed E-state index contributed by atoms with van der Waals surface area (Å²) in [6.45, 7) is 11.7. The summed E-state index contributed by atoms with van der Waals surface area (Å²) >= 11 is 0. The molecule has 1 radical (unpaired) electrons. The highest BCUT2D eigenvalue weighted by molar-refractivity contribution is 5.60. The van der Waals surface area contributed by atoms with Crippen molar-refractivity contribution in [2.45, 2.75) is 131 Å². The molecule has 1 rings (SSSR count). The van der Waals surface area contributed by atoms with E-state index in [4.69, 9.17) is 0 Å². The van der Waals surface area contributed by atoms with Crippen molar-refractivity contribution in [3.63, 3.8) is 0 Å². The maximum absolute atomic E-state index is 2.34. The molecular weight excluding hydrogens is 300 g/mol. The van der Waals surface area contributed by atoms with Crippen LogP contribution in [0.25, 0.3) is 0 Å². The lowest BCUT2D eigenvalue weighted by Gasteiger charge is -2.19. The van der Waals surface area contributed by atoms with Crippen LogP contribution in [0.4, 0.5) is 0 Å². The van der Waals surface area contributed by atoms with Crippen LogP contribution in [-0.2, 0) is 0 Å². The van der Waals surface area contributed by atoms with Gasteiger partial charge < -0.3 is 0 Å². The normalized spacial score (nSPS) is 15.7. The lowest BCUT2D eigenvalue weighted by atomic mass is 9.84. The molecule has 0 heterocycles. The van der Waals surface area contributed by atoms with Gasteiger partial charge in [-0.2, -0.15) is 0 Å². The fraction of sp³-hybridized carbons (Fsp3) is 0.800. The molecule has 0 heteroatoms. The third-order valence-corrected chi connectivity index (χ3v) is 5.72. The Hall–Kier alpha value is -0.520. The molecule has 0 aromatic carbocycles. The quantitative estimate of drug-likeness (QED) is 0.277. The van der Waals surface area contributed by atoms with Gasteiger partial charge in [-0.25, -0.2) is 0 Å². The van der Waals surface area contributed by atoms with E-state index < -0.39 is 0 Å². The zero-order chi connectivity index (χ0) is 18.5. The first-order valence-electron chi connectivity index (χ1n) is 11.6. The summed E-state index contributed by atoms with van der Waals surface area (Å²) in [5.41, 5.74) is 7.23. The lowest BCUT2D eigenvalue weighted by molar-refractivity contribution is 0.686. The molecule has 0 saturated heterocycles. The first-order valence-corrected chi connectivity index (χ1v) is 11.6. The molecule has 0 amide bonds. The molecule has 145 valence electrons. The zero-order valence-electron chi connectivity index (χ0n) is 18.1. The molecule has 25 heavy (non-hydrogen) atoms. The van der Waals surface area contributed by atoms with Crippen molar-refractivity contribution in [1.82, 2.24) is 0 Å². The minimum Gasteiger partial charge on any atom is -0.0654 e. The largest absolute Gasteiger partial charge is 0.0654 e. The summed E-state index contributed by atoms with van der Waals surface area (Å²) in [7, 11) is 0. The molecule has 0 aromatic heterocycles. The molecule has 0 spiro atoms. The van der Waals surface area contributed by atoms with Crippen molar-refractivity contribution in [1.29, 1.82) is 0 Å². The minimum atomic E-state index is 1.32. The monoisotopic (exact) mass is 345 g/mol. The minimum absolute atomic E-state index is 1.32. The van der Waals surface area contributed by atoms with Gasteiger partial charge in [-0.15, -0.1) is 0 Å². The van der Waals surface area contributed by atoms with Crippen LogP contribution in [0, 0.1) is 5.92 Å². The van der Waals surface area contributed by atoms with E-state index in [-0.39, 0.29) is 0 Å². The molecule has 1 aliphatic rings. The van der Waals surface area contributed by atoms with Crippen LogP contribution in [0.1, 0.15) is 131 Å². The van der Waals surface area contributed by atoms with Crippen molar-refractivity contribution < 1.29 is 0 Å². The van der Waals surface area contributed by atoms with Gasteiger partial charge in [-0.05, 0) is 68.9 Å². The third-order valence-electron chi connectivity index (χ3n) is 5.72. The van der Waals surface area contributed by atoms with Gasteiger partial charge in [0.15, 0.2) is 0 Å². The van der Waals surface area contributed by atoms with E-state index >= 15 is 0 Å². The Labute approximate surface area is 159 Å². The van der Waals surface area contributed by atoms with Crippen LogP contribution >= 0.6 is 0 Å². The third kappa shape index (κ3) is 6.95. The summed E-state index contributed by atoms with van der Waals surface area (Å²) in [5, 5.41) is 0. The second-order valence-corrected chi connectivity index (χ2v) is 7.91. The standard InChI is InChI=1S/C25H45/c1-6-11-16-21-22(17-12-7-2)24(19-14-9-4)25(20-15-10-5)23(21)18-13-8-3/h6-20H2,1-5H3. The average molecular weight is 346 g/mol. The van der Waals surface area contributed by atoms with Crippen molar-refractivity contribution in [3.05, 3.63) is 28.2 Å². The second kappa shape index (κ2) is 13.7. The second-order valence-electron chi connectivity index (χ2n) is 7.91. The molecule has 0 atom stereocenters. The fourth-order valence-electron chi connectivity index (χ4n) is 4.19. The van der Waals surface area contributed by atoms with Gasteiger partial charge in [0, 0.05) is 5.92 Å². The van der Waals surface area contributed by atoms with E-state index in [0.29, 0.717) is 0 Å². The predicted octanol–water partition coefficient (Wildman–Crippen LogP) is 9.12. The Morgan fingerprint density at radius 1 is 0.360 bits per heavy atom. The Morgan fingerprint density at radius 3 is 0.960 bits per heavy atom. The highest BCUT2D eigenvalue weighted by Gasteiger charge is 2.31. The van der Waals surface area contributed by atoms with E-state index in [1.165, 1.54) is 96.3 Å². The smallest absolute Gasteiger partial charge is 0.0263 e. The summed E-state index contributed by atoms with van der Waals surface area (Å²) in [5.74, 6) is 1.81. The van der Waals surface area contributed by atoms with Crippen molar-refractivity contribution >= 4 is 0 Å². The summed E-state index contributed by atoms with van der Waals surface area (Å²) in [6.07, 6.45) is 20.1. The van der Waals surface area contributed by atoms with Crippen LogP contribution in [0.3, 0.4) is 0 Å². The highest BCUT2D eigenvalue weighted by Crippen LogP contribution is 2.49. The van der Waals surface area contributed by atoms with Crippen LogP contribution < -0.4 is 0 Å². The number of unbranched alkanes of at least 4 members (excludes halogenated alkanes) is 5. The highest BCUT2D eigenvalue weighted by atomic mass is 14.4. The molecule has 0 nitrogen and oxygen atoms in total. The summed E-state index contributed by atoms with van der Waals surface area (Å²) < 4.78 is 0. The molecular formula is C25H45. The lowest BCUT2D eigenvalue weighted by Crippen LogP contribution is -2.04. The van der Waals surface area contributed by atoms with Crippen molar-refractivity contribution in [2.24, 2.45) is 0 Å². The van der Waals surface area contributed by atoms with E-state index in [0.717, 1.165) is 0 Å². The van der Waals surface area contributed by atoms with E-state index in [1.54, 1.807) is 28.2 Å². The Morgan fingerprint density at radius 2 is 0.640 bits per heavy atom. The van der Waals surface area contributed by atoms with Gasteiger partial charge in [-0.1, -0.05) is 84.3 Å². The molecule has 0 aromatic rings. The van der Waals surface area contributed by atoms with Gasteiger partial charge in [0.2, 0.25) is 0 Å².